The Kier molecular flexibility index (Phi) is 9.40. The lowest BCUT2D eigenvalue weighted by Gasteiger charge is -2.17. The van der Waals surface area contributed by atoms with E-state index in [1.165, 1.54) is 12.7 Å². The van der Waals surface area contributed by atoms with Crippen LogP contribution in [0, 0.1) is 0 Å². The normalized spacial score (nSPS) is 12.1. The van der Waals surface area contributed by atoms with Crippen molar-refractivity contribution in [3.05, 3.63) is 30.1 Å². The first-order valence-corrected chi connectivity index (χ1v) is 7.44. The minimum atomic E-state index is -0.352. The minimum Gasteiger partial charge on any atom is -0.467 e. The lowest BCUT2D eigenvalue weighted by Crippen LogP contribution is -2.20. The first-order chi connectivity index (χ1) is 10.3. The molecule has 0 saturated heterocycles. The molecule has 1 aromatic rings. The third-order valence-electron chi connectivity index (χ3n) is 3.31. The zero-order valence-electron chi connectivity index (χ0n) is 12.7. The maximum absolute atomic E-state index is 11.1. The lowest BCUT2D eigenvalue weighted by atomic mass is 10.0. The number of carbonyl (C=O) groups is 1. The van der Waals surface area contributed by atoms with Crippen LogP contribution in [0.4, 0.5) is 0 Å². The Balaban J connectivity index is 2.31. The Morgan fingerprint density at radius 3 is 2.81 bits per heavy atom. The van der Waals surface area contributed by atoms with E-state index >= 15 is 0 Å². The molecule has 1 aromatic heterocycles. The molecule has 1 atom stereocenters. The summed E-state index contributed by atoms with van der Waals surface area (Å²) in [5.41, 5.74) is 1.21. The quantitative estimate of drug-likeness (QED) is 0.500. The van der Waals surface area contributed by atoms with Gasteiger partial charge >= 0.3 is 5.97 Å². The lowest BCUT2D eigenvalue weighted by molar-refractivity contribution is -0.148. The highest BCUT2D eigenvalue weighted by Crippen LogP contribution is 2.13. The molecule has 21 heavy (non-hydrogen) atoms. The van der Waals surface area contributed by atoms with Gasteiger partial charge in [0.05, 0.1) is 13.2 Å². The summed E-state index contributed by atoms with van der Waals surface area (Å²) in [6.45, 7) is 0.187. The Morgan fingerprint density at radius 2 is 2.14 bits per heavy atom. The van der Waals surface area contributed by atoms with Gasteiger partial charge in [-0.3, -0.25) is 4.98 Å². The average molecular weight is 295 g/mol. The number of esters is 1. The SMILES string of the molecule is COC(=O)COC(CCCCO)CCCc1cccnc1. The van der Waals surface area contributed by atoms with Crippen LogP contribution in [0.5, 0.6) is 0 Å². The average Bonchev–Trinajstić information content (AvgIpc) is 2.53. The zero-order valence-corrected chi connectivity index (χ0v) is 12.7. The maximum Gasteiger partial charge on any atom is 0.331 e. The van der Waals surface area contributed by atoms with Crippen LogP contribution in [0.3, 0.4) is 0 Å². The highest BCUT2D eigenvalue weighted by molar-refractivity contribution is 5.70. The number of aromatic nitrogens is 1. The molecule has 0 bridgehead atoms. The molecular weight excluding hydrogens is 270 g/mol. The van der Waals surface area contributed by atoms with Crippen molar-refractivity contribution in [3.63, 3.8) is 0 Å². The van der Waals surface area contributed by atoms with E-state index in [0.29, 0.717) is 0 Å². The van der Waals surface area contributed by atoms with Gasteiger partial charge in [-0.2, -0.15) is 0 Å². The van der Waals surface area contributed by atoms with Gasteiger partial charge in [0.25, 0.3) is 0 Å². The Hall–Kier alpha value is -1.46. The van der Waals surface area contributed by atoms with E-state index in [0.717, 1.165) is 38.5 Å². The number of aryl methyl sites for hydroxylation is 1. The predicted octanol–water partition coefficient (Wildman–Crippen LogP) is 2.13. The van der Waals surface area contributed by atoms with E-state index in [9.17, 15) is 4.79 Å². The molecule has 5 nitrogen and oxygen atoms in total. The third-order valence-corrected chi connectivity index (χ3v) is 3.31. The summed E-state index contributed by atoms with van der Waals surface area (Å²) in [6.07, 6.45) is 9.00. The molecule has 0 saturated carbocycles. The van der Waals surface area contributed by atoms with Crippen LogP contribution < -0.4 is 0 Å². The number of ether oxygens (including phenoxy) is 2. The first kappa shape index (κ1) is 17.6. The van der Waals surface area contributed by atoms with Crippen molar-refractivity contribution in [1.82, 2.24) is 4.98 Å². The summed E-state index contributed by atoms with van der Waals surface area (Å²) >= 11 is 0. The number of unbranched alkanes of at least 4 members (excludes halogenated alkanes) is 1. The molecule has 0 radical (unpaired) electrons. The number of aliphatic hydroxyl groups excluding tert-OH is 1. The van der Waals surface area contributed by atoms with Crippen LogP contribution >= 0.6 is 0 Å². The Morgan fingerprint density at radius 1 is 1.33 bits per heavy atom. The minimum absolute atomic E-state index is 0.00676. The van der Waals surface area contributed by atoms with Gasteiger partial charge < -0.3 is 14.6 Å². The zero-order chi connectivity index (χ0) is 15.3. The molecule has 1 heterocycles. The van der Waals surface area contributed by atoms with E-state index in [1.807, 2.05) is 12.3 Å². The van der Waals surface area contributed by atoms with Crippen molar-refractivity contribution in [1.29, 1.82) is 0 Å². The summed E-state index contributed by atoms with van der Waals surface area (Å²) < 4.78 is 10.2. The molecule has 0 aliphatic rings. The molecule has 0 aliphatic heterocycles. The van der Waals surface area contributed by atoms with Crippen molar-refractivity contribution in [3.8, 4) is 0 Å². The van der Waals surface area contributed by atoms with E-state index in [1.54, 1.807) is 6.20 Å². The molecule has 0 aromatic carbocycles. The number of pyridine rings is 1. The monoisotopic (exact) mass is 295 g/mol. The molecule has 1 rings (SSSR count). The van der Waals surface area contributed by atoms with Crippen molar-refractivity contribution >= 4 is 5.97 Å². The van der Waals surface area contributed by atoms with Crippen LogP contribution in [-0.2, 0) is 20.7 Å². The summed E-state index contributed by atoms with van der Waals surface area (Å²) in [5, 5.41) is 8.84. The van der Waals surface area contributed by atoms with Crippen molar-refractivity contribution in [2.24, 2.45) is 0 Å². The van der Waals surface area contributed by atoms with E-state index in [-0.39, 0.29) is 25.3 Å². The molecular formula is C16H25NO4. The highest BCUT2D eigenvalue weighted by Gasteiger charge is 2.11. The summed E-state index contributed by atoms with van der Waals surface area (Å²) in [6, 6.07) is 3.99. The molecule has 1 N–H and O–H groups in total. The van der Waals surface area contributed by atoms with Gasteiger partial charge in [0, 0.05) is 19.0 Å². The highest BCUT2D eigenvalue weighted by atomic mass is 16.6. The Bertz CT molecular complexity index is 383. The number of aliphatic hydroxyl groups is 1. The summed E-state index contributed by atoms with van der Waals surface area (Å²) in [5.74, 6) is -0.352. The second-order valence-corrected chi connectivity index (χ2v) is 4.98. The molecule has 5 heteroatoms. The van der Waals surface area contributed by atoms with Crippen LogP contribution in [-0.4, -0.2) is 42.5 Å². The smallest absolute Gasteiger partial charge is 0.331 e. The maximum atomic E-state index is 11.1. The molecule has 0 amide bonds. The molecule has 118 valence electrons. The van der Waals surface area contributed by atoms with E-state index in [2.05, 4.69) is 15.8 Å². The fraction of sp³-hybridized carbons (Fsp3) is 0.625. The van der Waals surface area contributed by atoms with Gasteiger partial charge in [0.1, 0.15) is 6.61 Å². The number of hydrogen-bond acceptors (Lipinski definition) is 5. The summed E-state index contributed by atoms with van der Waals surface area (Å²) in [7, 11) is 1.36. The van der Waals surface area contributed by atoms with Crippen LogP contribution in [0.2, 0.25) is 0 Å². The number of hydrogen-bond donors (Lipinski definition) is 1. The van der Waals surface area contributed by atoms with Gasteiger partial charge in [-0.05, 0) is 50.2 Å². The Labute approximate surface area is 126 Å². The van der Waals surface area contributed by atoms with E-state index in [4.69, 9.17) is 9.84 Å². The third kappa shape index (κ3) is 8.42. The van der Waals surface area contributed by atoms with Gasteiger partial charge in [-0.1, -0.05) is 6.07 Å². The van der Waals surface area contributed by atoms with Crippen molar-refractivity contribution in [2.45, 2.75) is 44.6 Å². The van der Waals surface area contributed by atoms with Gasteiger partial charge in [-0.25, -0.2) is 4.79 Å². The predicted molar refractivity (Wildman–Crippen MR) is 79.9 cm³/mol. The summed E-state index contributed by atoms with van der Waals surface area (Å²) in [4.78, 5) is 15.2. The molecule has 0 fully saturated rings. The standard InChI is InChI=1S/C16H25NO4/c1-20-16(19)13-21-15(8-2-3-11-18)9-4-6-14-7-5-10-17-12-14/h5,7,10,12,15,18H,2-4,6,8-9,11,13H2,1H3. The van der Waals surface area contributed by atoms with E-state index < -0.39 is 0 Å². The van der Waals surface area contributed by atoms with Crippen LogP contribution in [0.25, 0.3) is 0 Å². The molecule has 0 spiro atoms. The first-order valence-electron chi connectivity index (χ1n) is 7.44. The second kappa shape index (κ2) is 11.2. The number of rotatable bonds is 11. The fourth-order valence-corrected chi connectivity index (χ4v) is 2.12. The van der Waals surface area contributed by atoms with Gasteiger partial charge in [0.2, 0.25) is 0 Å². The largest absolute Gasteiger partial charge is 0.467 e. The van der Waals surface area contributed by atoms with Gasteiger partial charge in [-0.15, -0.1) is 0 Å². The number of methoxy groups -OCH3 is 1. The topological polar surface area (TPSA) is 68.7 Å². The van der Waals surface area contributed by atoms with Crippen molar-refractivity contribution < 1.29 is 19.4 Å². The van der Waals surface area contributed by atoms with Crippen molar-refractivity contribution in [2.75, 3.05) is 20.3 Å². The van der Waals surface area contributed by atoms with Crippen LogP contribution in [0.15, 0.2) is 24.5 Å². The number of carbonyl (C=O) groups excluding carboxylic acids is 1. The van der Waals surface area contributed by atoms with Crippen LogP contribution in [0.1, 0.15) is 37.7 Å². The number of nitrogens with zero attached hydrogens (tertiary/aromatic N) is 1. The molecule has 1 unspecified atom stereocenters. The molecule has 0 aliphatic carbocycles. The fourth-order valence-electron chi connectivity index (χ4n) is 2.12. The van der Waals surface area contributed by atoms with Gasteiger partial charge in [0.15, 0.2) is 0 Å². The second-order valence-electron chi connectivity index (χ2n) is 4.98.